The van der Waals surface area contributed by atoms with Crippen LogP contribution in [0.25, 0.3) is 0 Å². The number of carbonyl (C=O) groups is 1. The molecular weight excluding hydrogens is 550 g/mol. The maximum Gasteiger partial charge on any atom is 0.274 e. The van der Waals surface area contributed by atoms with Crippen molar-refractivity contribution < 1.29 is 26.4 Å². The van der Waals surface area contributed by atoms with Crippen molar-refractivity contribution in [1.82, 2.24) is 14.9 Å². The van der Waals surface area contributed by atoms with Crippen molar-refractivity contribution in [3.8, 4) is 5.75 Å². The number of benzene rings is 2. The van der Waals surface area contributed by atoms with Crippen molar-refractivity contribution in [1.29, 1.82) is 0 Å². The highest BCUT2D eigenvalue weighted by atomic mass is 35.5. The molecule has 1 saturated heterocycles. The molecule has 4 rings (SSSR count). The first kappa shape index (κ1) is 28.0. The molecule has 3 aromatic rings. The maximum atomic E-state index is 13.8. The molecule has 0 saturated carbocycles. The van der Waals surface area contributed by atoms with Crippen molar-refractivity contribution in [3.63, 3.8) is 0 Å². The topological polar surface area (TPSA) is 124 Å². The molecule has 1 amide bonds. The SMILES string of the molecule is CCOc1ccc(CN(C(=O)c2nc(S(=O)(=O)Cc3cccc(C)c3)ncc2Cl)C2CCS(=O)(=O)C2)cc1. The van der Waals surface area contributed by atoms with Crippen LogP contribution in [0.15, 0.2) is 59.9 Å². The first-order chi connectivity index (χ1) is 18.0. The molecule has 1 fully saturated rings. The Morgan fingerprint density at radius 1 is 1.16 bits per heavy atom. The van der Waals surface area contributed by atoms with E-state index in [1.165, 1.54) is 4.90 Å². The zero-order valence-electron chi connectivity index (χ0n) is 21.0. The van der Waals surface area contributed by atoms with E-state index < -0.39 is 36.8 Å². The van der Waals surface area contributed by atoms with E-state index >= 15 is 0 Å². The summed E-state index contributed by atoms with van der Waals surface area (Å²) in [5, 5.41) is -0.645. The maximum absolute atomic E-state index is 13.8. The lowest BCUT2D eigenvalue weighted by Gasteiger charge is -2.28. The minimum Gasteiger partial charge on any atom is -0.494 e. The van der Waals surface area contributed by atoms with Crippen molar-refractivity contribution in [2.24, 2.45) is 0 Å². The summed E-state index contributed by atoms with van der Waals surface area (Å²) in [5.74, 6) is -0.587. The minimum absolute atomic E-state index is 0.0433. The van der Waals surface area contributed by atoms with Crippen LogP contribution in [0.2, 0.25) is 5.02 Å². The summed E-state index contributed by atoms with van der Waals surface area (Å²) in [6.07, 6.45) is 1.34. The molecule has 1 aliphatic rings. The second kappa shape index (κ2) is 11.4. The predicted octanol–water partition coefficient (Wildman–Crippen LogP) is 3.64. The standard InChI is InChI=1S/C26H28ClN3O6S2/c1-3-36-22-9-7-19(8-10-22)15-30(21-11-12-37(32,33)17-21)25(31)24-23(27)14-28-26(29-24)38(34,35)16-20-6-4-5-18(2)13-20/h4-10,13-14,21H,3,11-12,15-17H2,1-2H3. The largest absolute Gasteiger partial charge is 0.494 e. The zero-order valence-corrected chi connectivity index (χ0v) is 23.4. The number of sulfone groups is 2. The number of hydrogen-bond donors (Lipinski definition) is 0. The normalized spacial score (nSPS) is 16.8. The van der Waals surface area contributed by atoms with Crippen molar-refractivity contribution in [2.75, 3.05) is 18.1 Å². The first-order valence-corrected chi connectivity index (χ1v) is 15.9. The van der Waals surface area contributed by atoms with Gasteiger partial charge >= 0.3 is 0 Å². The molecule has 9 nitrogen and oxygen atoms in total. The second-order valence-corrected chi connectivity index (χ2v) is 13.7. The number of hydrogen-bond acceptors (Lipinski definition) is 8. The lowest BCUT2D eigenvalue weighted by molar-refractivity contribution is 0.0674. The van der Waals surface area contributed by atoms with Crippen LogP contribution >= 0.6 is 11.6 Å². The Bertz CT molecular complexity index is 1540. The van der Waals surface area contributed by atoms with Crippen LogP contribution in [0, 0.1) is 6.92 Å². The first-order valence-electron chi connectivity index (χ1n) is 12.0. The minimum atomic E-state index is -4.00. The van der Waals surface area contributed by atoms with Crippen LogP contribution in [-0.2, 0) is 32.0 Å². The summed E-state index contributed by atoms with van der Waals surface area (Å²) < 4.78 is 56.1. The Morgan fingerprint density at radius 3 is 2.53 bits per heavy atom. The highest BCUT2D eigenvalue weighted by Crippen LogP contribution is 2.26. The molecular formula is C26H28ClN3O6S2. The molecule has 1 atom stereocenters. The highest BCUT2D eigenvalue weighted by molar-refractivity contribution is 7.91. The van der Waals surface area contributed by atoms with Crippen LogP contribution in [-0.4, -0.2) is 61.8 Å². The lowest BCUT2D eigenvalue weighted by Crippen LogP contribution is -2.41. The van der Waals surface area contributed by atoms with E-state index in [4.69, 9.17) is 16.3 Å². The van der Waals surface area contributed by atoms with Crippen LogP contribution in [0.3, 0.4) is 0 Å². The predicted molar refractivity (Wildman–Crippen MR) is 144 cm³/mol. The molecule has 12 heteroatoms. The number of aryl methyl sites for hydroxylation is 1. The molecule has 0 N–H and O–H groups in total. The van der Waals surface area contributed by atoms with Gasteiger partial charge in [-0.15, -0.1) is 0 Å². The van der Waals surface area contributed by atoms with Gasteiger partial charge in [0.2, 0.25) is 15.0 Å². The molecule has 1 aromatic heterocycles. The summed E-state index contributed by atoms with van der Waals surface area (Å²) >= 11 is 6.29. The molecule has 0 radical (unpaired) electrons. The molecule has 1 unspecified atom stereocenters. The number of halogens is 1. The summed E-state index contributed by atoms with van der Waals surface area (Å²) in [5.41, 5.74) is 1.91. The van der Waals surface area contributed by atoms with Gasteiger partial charge in [-0.1, -0.05) is 53.6 Å². The summed E-state index contributed by atoms with van der Waals surface area (Å²) in [6.45, 7) is 4.31. The van der Waals surface area contributed by atoms with E-state index in [0.29, 0.717) is 17.9 Å². The number of nitrogens with zero attached hydrogens (tertiary/aromatic N) is 3. The third-order valence-electron chi connectivity index (χ3n) is 6.14. The van der Waals surface area contributed by atoms with Crippen molar-refractivity contribution in [2.45, 2.75) is 43.8 Å². The Labute approximate surface area is 227 Å². The van der Waals surface area contributed by atoms with E-state index in [9.17, 15) is 21.6 Å². The van der Waals surface area contributed by atoms with Crippen LogP contribution in [0.4, 0.5) is 0 Å². The summed E-state index contributed by atoms with van der Waals surface area (Å²) in [6, 6.07) is 13.5. The molecule has 2 aromatic carbocycles. The quantitative estimate of drug-likeness (QED) is 0.353. The monoisotopic (exact) mass is 577 g/mol. The van der Waals surface area contributed by atoms with E-state index in [1.54, 1.807) is 42.5 Å². The number of amides is 1. The Morgan fingerprint density at radius 2 is 1.89 bits per heavy atom. The van der Waals surface area contributed by atoms with E-state index in [-0.39, 0.29) is 40.9 Å². The fraction of sp³-hybridized carbons (Fsp3) is 0.346. The van der Waals surface area contributed by atoms with Gasteiger partial charge in [0.1, 0.15) is 5.75 Å². The Balaban J connectivity index is 1.66. The van der Waals surface area contributed by atoms with Gasteiger partial charge in [0, 0.05) is 12.6 Å². The Hall–Kier alpha value is -3.02. The van der Waals surface area contributed by atoms with Gasteiger partial charge in [-0.3, -0.25) is 4.79 Å². The van der Waals surface area contributed by atoms with E-state index in [1.807, 2.05) is 19.9 Å². The molecule has 0 spiro atoms. The summed E-state index contributed by atoms with van der Waals surface area (Å²) in [7, 11) is -7.31. The third-order valence-corrected chi connectivity index (χ3v) is 9.63. The van der Waals surface area contributed by atoms with Crippen LogP contribution in [0.1, 0.15) is 40.5 Å². The molecule has 202 valence electrons. The van der Waals surface area contributed by atoms with E-state index in [0.717, 1.165) is 17.3 Å². The van der Waals surface area contributed by atoms with Gasteiger partial charge in [-0.2, -0.15) is 0 Å². The van der Waals surface area contributed by atoms with Gasteiger partial charge < -0.3 is 9.64 Å². The number of aromatic nitrogens is 2. The number of carbonyl (C=O) groups excluding carboxylic acids is 1. The van der Waals surface area contributed by atoms with Crippen molar-refractivity contribution >= 4 is 37.2 Å². The third kappa shape index (κ3) is 6.69. The number of rotatable bonds is 9. The molecule has 0 bridgehead atoms. The Kier molecular flexibility index (Phi) is 8.39. The molecule has 2 heterocycles. The van der Waals surface area contributed by atoms with E-state index in [2.05, 4.69) is 9.97 Å². The molecule has 0 aliphatic carbocycles. The average Bonchev–Trinajstić information content (AvgIpc) is 3.22. The second-order valence-electron chi connectivity index (χ2n) is 9.16. The molecule has 38 heavy (non-hydrogen) atoms. The lowest BCUT2D eigenvalue weighted by atomic mass is 10.1. The van der Waals surface area contributed by atoms with Gasteiger partial charge in [-0.25, -0.2) is 26.8 Å². The highest BCUT2D eigenvalue weighted by Gasteiger charge is 2.36. The molecule has 1 aliphatic heterocycles. The smallest absolute Gasteiger partial charge is 0.274 e. The van der Waals surface area contributed by atoms with Crippen LogP contribution in [0.5, 0.6) is 5.75 Å². The van der Waals surface area contributed by atoms with Gasteiger partial charge in [0.15, 0.2) is 15.5 Å². The van der Waals surface area contributed by atoms with Gasteiger partial charge in [0.05, 0.1) is 35.1 Å². The van der Waals surface area contributed by atoms with Gasteiger partial charge in [0.25, 0.3) is 5.91 Å². The van der Waals surface area contributed by atoms with Crippen LogP contribution < -0.4 is 4.74 Å². The number of ether oxygens (including phenoxy) is 1. The zero-order chi connectivity index (χ0) is 27.5. The van der Waals surface area contributed by atoms with Gasteiger partial charge in [-0.05, 0) is 43.5 Å². The average molecular weight is 578 g/mol. The van der Waals surface area contributed by atoms with Crippen molar-refractivity contribution in [3.05, 3.63) is 82.1 Å². The fourth-order valence-electron chi connectivity index (χ4n) is 4.32. The fourth-order valence-corrected chi connectivity index (χ4v) is 7.41. The summed E-state index contributed by atoms with van der Waals surface area (Å²) in [4.78, 5) is 23.1.